The van der Waals surface area contributed by atoms with Crippen molar-refractivity contribution in [1.82, 2.24) is 4.98 Å². The molecule has 69 valence electrons. The first-order valence-electron chi connectivity index (χ1n) is 4.70. The van der Waals surface area contributed by atoms with E-state index in [1.165, 1.54) is 12.8 Å². The summed E-state index contributed by atoms with van der Waals surface area (Å²) in [5.74, 6) is 0. The number of hydrogen-bond acceptors (Lipinski definition) is 2. The van der Waals surface area contributed by atoms with E-state index in [4.69, 9.17) is 0 Å². The monoisotopic (exact) mass is 176 g/mol. The van der Waals surface area contributed by atoms with E-state index in [1.807, 2.05) is 18.4 Å². The molecule has 0 spiro atoms. The van der Waals surface area contributed by atoms with Gasteiger partial charge in [0.25, 0.3) is 6.29 Å². The molecule has 2 heteroatoms. The summed E-state index contributed by atoms with van der Waals surface area (Å²) in [7, 11) is 0. The summed E-state index contributed by atoms with van der Waals surface area (Å²) in [6.45, 7) is 2.16. The molecule has 1 aromatic heterocycles. The number of pyridine rings is 1. The molecule has 0 saturated heterocycles. The molecule has 1 heterocycles. The van der Waals surface area contributed by atoms with Crippen LogP contribution in [0, 0.1) is 0 Å². The van der Waals surface area contributed by atoms with Crippen molar-refractivity contribution in [3.05, 3.63) is 29.6 Å². The third kappa shape index (κ3) is 2.98. The van der Waals surface area contributed by atoms with Crippen LogP contribution in [0.2, 0.25) is 0 Å². The SMILES string of the molecule is CCCCCc1cccnc1[C]=O. The van der Waals surface area contributed by atoms with Crippen molar-refractivity contribution >= 4 is 6.29 Å². The number of carbonyl (C=O) groups excluding carboxylic acids is 1. The summed E-state index contributed by atoms with van der Waals surface area (Å²) in [6.07, 6.45) is 7.94. The Labute approximate surface area is 79.0 Å². The Morgan fingerprint density at radius 1 is 1.46 bits per heavy atom. The molecule has 0 fully saturated rings. The lowest BCUT2D eigenvalue weighted by Gasteiger charge is -2.01. The summed E-state index contributed by atoms with van der Waals surface area (Å²) < 4.78 is 0. The summed E-state index contributed by atoms with van der Waals surface area (Å²) in [5, 5.41) is 0. The maximum absolute atomic E-state index is 10.5. The van der Waals surface area contributed by atoms with Crippen molar-refractivity contribution in [2.24, 2.45) is 0 Å². The van der Waals surface area contributed by atoms with Gasteiger partial charge in [-0.05, 0) is 24.5 Å². The molecule has 1 rings (SSSR count). The smallest absolute Gasteiger partial charge is 0.253 e. The molecule has 0 bridgehead atoms. The lowest BCUT2D eigenvalue weighted by atomic mass is 10.1. The Morgan fingerprint density at radius 3 is 3.00 bits per heavy atom. The highest BCUT2D eigenvalue weighted by molar-refractivity contribution is 5.74. The van der Waals surface area contributed by atoms with E-state index in [2.05, 4.69) is 11.9 Å². The first-order chi connectivity index (χ1) is 6.38. The molecule has 0 aromatic carbocycles. The van der Waals surface area contributed by atoms with E-state index >= 15 is 0 Å². The molecule has 0 atom stereocenters. The molecule has 2 nitrogen and oxygen atoms in total. The van der Waals surface area contributed by atoms with Gasteiger partial charge in [-0.25, -0.2) is 0 Å². The number of rotatable bonds is 5. The third-order valence-corrected chi connectivity index (χ3v) is 2.04. The standard InChI is InChI=1S/C11H14NO/c1-2-3-4-6-10-7-5-8-12-11(10)9-13/h5,7-8H,2-4,6H2,1H3. The molecule has 0 aliphatic carbocycles. The van der Waals surface area contributed by atoms with Gasteiger partial charge in [0.05, 0.1) is 0 Å². The highest BCUT2D eigenvalue weighted by Crippen LogP contribution is 2.08. The average Bonchev–Trinajstić information content (AvgIpc) is 2.19. The summed E-state index contributed by atoms with van der Waals surface area (Å²) in [5.41, 5.74) is 1.49. The third-order valence-electron chi connectivity index (χ3n) is 2.04. The molecule has 0 saturated carbocycles. The van der Waals surface area contributed by atoms with Gasteiger partial charge in [-0.15, -0.1) is 0 Å². The lowest BCUT2D eigenvalue weighted by Crippen LogP contribution is -1.95. The second-order valence-electron chi connectivity index (χ2n) is 3.07. The number of aromatic nitrogens is 1. The van der Waals surface area contributed by atoms with Crippen LogP contribution in [0.15, 0.2) is 18.3 Å². The van der Waals surface area contributed by atoms with Gasteiger partial charge < -0.3 is 0 Å². The van der Waals surface area contributed by atoms with E-state index in [0.717, 1.165) is 18.4 Å². The minimum atomic E-state index is 0.471. The Hall–Kier alpha value is -1.18. The normalized spacial score (nSPS) is 9.92. The molecule has 0 aliphatic heterocycles. The number of hydrogen-bond donors (Lipinski definition) is 0. The predicted octanol–water partition coefficient (Wildman–Crippen LogP) is 2.27. The first kappa shape index (κ1) is 9.90. The van der Waals surface area contributed by atoms with Gasteiger partial charge in [0.2, 0.25) is 0 Å². The molecule has 0 amide bonds. The minimum absolute atomic E-state index is 0.471. The van der Waals surface area contributed by atoms with Gasteiger partial charge >= 0.3 is 0 Å². The Morgan fingerprint density at radius 2 is 2.31 bits per heavy atom. The summed E-state index contributed by atoms with van der Waals surface area (Å²) >= 11 is 0. The quantitative estimate of drug-likeness (QED) is 0.644. The number of aryl methyl sites for hydroxylation is 1. The molecular weight excluding hydrogens is 162 g/mol. The maximum Gasteiger partial charge on any atom is 0.253 e. The molecule has 1 aromatic rings. The van der Waals surface area contributed by atoms with Crippen LogP contribution < -0.4 is 0 Å². The van der Waals surface area contributed by atoms with Crippen molar-refractivity contribution < 1.29 is 4.79 Å². The topological polar surface area (TPSA) is 30.0 Å². The number of unbranched alkanes of at least 4 members (excludes halogenated alkanes) is 2. The fourth-order valence-corrected chi connectivity index (χ4v) is 1.30. The molecule has 13 heavy (non-hydrogen) atoms. The van der Waals surface area contributed by atoms with Crippen LogP contribution in [0.4, 0.5) is 0 Å². The predicted molar refractivity (Wildman–Crippen MR) is 52.3 cm³/mol. The number of nitrogens with zero attached hydrogens (tertiary/aromatic N) is 1. The van der Waals surface area contributed by atoms with Crippen molar-refractivity contribution in [1.29, 1.82) is 0 Å². The Kier molecular flexibility index (Phi) is 4.16. The molecule has 0 aliphatic rings. The zero-order chi connectivity index (χ0) is 9.52. The highest BCUT2D eigenvalue weighted by Gasteiger charge is 2.01. The molecule has 0 N–H and O–H groups in total. The first-order valence-corrected chi connectivity index (χ1v) is 4.70. The molecule has 1 radical (unpaired) electrons. The summed E-state index contributed by atoms with van der Waals surface area (Å²) in [4.78, 5) is 14.4. The van der Waals surface area contributed by atoms with Crippen LogP contribution in [-0.4, -0.2) is 11.3 Å². The van der Waals surface area contributed by atoms with E-state index in [1.54, 1.807) is 6.20 Å². The van der Waals surface area contributed by atoms with Crippen LogP contribution in [0.25, 0.3) is 0 Å². The van der Waals surface area contributed by atoms with Crippen molar-refractivity contribution in [2.45, 2.75) is 32.6 Å². The van der Waals surface area contributed by atoms with Gasteiger partial charge in [-0.3, -0.25) is 9.78 Å². The van der Waals surface area contributed by atoms with Gasteiger partial charge in [-0.1, -0.05) is 25.8 Å². The fourth-order valence-electron chi connectivity index (χ4n) is 1.30. The second-order valence-corrected chi connectivity index (χ2v) is 3.07. The van der Waals surface area contributed by atoms with Crippen molar-refractivity contribution in [3.8, 4) is 0 Å². The van der Waals surface area contributed by atoms with Gasteiger partial charge in [0.15, 0.2) is 0 Å². The minimum Gasteiger partial charge on any atom is -0.283 e. The zero-order valence-corrected chi connectivity index (χ0v) is 7.92. The largest absolute Gasteiger partial charge is 0.283 e. The average molecular weight is 176 g/mol. The Balaban J connectivity index is 2.59. The van der Waals surface area contributed by atoms with Crippen molar-refractivity contribution in [3.63, 3.8) is 0 Å². The van der Waals surface area contributed by atoms with E-state index in [9.17, 15) is 4.79 Å². The van der Waals surface area contributed by atoms with Gasteiger partial charge in [0.1, 0.15) is 5.69 Å². The zero-order valence-electron chi connectivity index (χ0n) is 7.92. The highest BCUT2D eigenvalue weighted by atomic mass is 16.1. The fraction of sp³-hybridized carbons (Fsp3) is 0.455. The van der Waals surface area contributed by atoms with E-state index < -0.39 is 0 Å². The van der Waals surface area contributed by atoms with Crippen LogP contribution in [-0.2, 0) is 11.2 Å². The molecule has 0 unspecified atom stereocenters. The Bertz CT molecular complexity index is 271. The van der Waals surface area contributed by atoms with Gasteiger partial charge in [0, 0.05) is 6.20 Å². The van der Waals surface area contributed by atoms with Gasteiger partial charge in [-0.2, -0.15) is 0 Å². The lowest BCUT2D eigenvalue weighted by molar-refractivity contribution is 0.560. The van der Waals surface area contributed by atoms with Crippen molar-refractivity contribution in [2.75, 3.05) is 0 Å². The van der Waals surface area contributed by atoms with Crippen LogP contribution in [0.1, 0.15) is 37.4 Å². The van der Waals surface area contributed by atoms with E-state index in [0.29, 0.717) is 5.69 Å². The summed E-state index contributed by atoms with van der Waals surface area (Å²) in [6, 6.07) is 3.81. The van der Waals surface area contributed by atoms with E-state index in [-0.39, 0.29) is 0 Å². The van der Waals surface area contributed by atoms with Crippen LogP contribution in [0.3, 0.4) is 0 Å². The van der Waals surface area contributed by atoms with Crippen LogP contribution >= 0.6 is 0 Å². The van der Waals surface area contributed by atoms with Crippen LogP contribution in [0.5, 0.6) is 0 Å². The molecular formula is C11H14NO. The second kappa shape index (κ2) is 5.46. The maximum atomic E-state index is 10.5.